The van der Waals surface area contributed by atoms with Gasteiger partial charge in [0.15, 0.2) is 0 Å². The van der Waals surface area contributed by atoms with Crippen LogP contribution in [0.3, 0.4) is 0 Å². The number of nitrogens with zero attached hydrogens (tertiary/aromatic N) is 4. The summed E-state index contributed by atoms with van der Waals surface area (Å²) in [5.41, 5.74) is 1.21. The fourth-order valence-corrected chi connectivity index (χ4v) is 5.11. The number of thiophene rings is 1. The molecule has 168 valence electrons. The van der Waals surface area contributed by atoms with Crippen LogP contribution >= 0.6 is 11.3 Å². The molecule has 0 aliphatic carbocycles. The van der Waals surface area contributed by atoms with Crippen molar-refractivity contribution in [1.82, 2.24) is 19.6 Å². The van der Waals surface area contributed by atoms with E-state index in [1.54, 1.807) is 7.11 Å². The maximum absolute atomic E-state index is 12.8. The molecule has 1 aromatic heterocycles. The normalized spacial score (nSPS) is 18.9. The van der Waals surface area contributed by atoms with Crippen LogP contribution in [0.15, 0.2) is 41.8 Å². The van der Waals surface area contributed by atoms with Crippen LogP contribution in [0, 0.1) is 0 Å². The maximum Gasteiger partial charge on any atom is 0.236 e. The summed E-state index contributed by atoms with van der Waals surface area (Å²) in [5.74, 6) is 1.22. The van der Waals surface area contributed by atoms with Crippen molar-refractivity contribution in [3.8, 4) is 5.75 Å². The summed E-state index contributed by atoms with van der Waals surface area (Å²) < 4.78 is 5.47. The molecule has 0 spiro atoms. The number of ether oxygens (including phenoxy) is 1. The van der Waals surface area contributed by atoms with Gasteiger partial charge in [-0.05, 0) is 23.9 Å². The summed E-state index contributed by atoms with van der Waals surface area (Å²) >= 11 is 1.84. The number of amides is 1. The summed E-state index contributed by atoms with van der Waals surface area (Å²) in [6.07, 6.45) is 1.13. The van der Waals surface area contributed by atoms with Crippen LogP contribution in [0.5, 0.6) is 5.75 Å². The molecule has 2 aliphatic heterocycles. The van der Waals surface area contributed by atoms with Crippen LogP contribution in [-0.4, -0.2) is 98.1 Å². The molecule has 1 amide bonds. The van der Waals surface area contributed by atoms with E-state index in [4.69, 9.17) is 4.74 Å². The first-order chi connectivity index (χ1) is 15.2. The summed E-state index contributed by atoms with van der Waals surface area (Å²) in [7, 11) is 1.72. The van der Waals surface area contributed by atoms with Gasteiger partial charge in [0, 0.05) is 75.9 Å². The van der Waals surface area contributed by atoms with Crippen molar-refractivity contribution in [2.24, 2.45) is 0 Å². The van der Waals surface area contributed by atoms with Crippen molar-refractivity contribution in [2.75, 3.05) is 72.6 Å². The first kappa shape index (κ1) is 22.3. The van der Waals surface area contributed by atoms with Gasteiger partial charge >= 0.3 is 0 Å². The molecular weight excluding hydrogens is 408 g/mol. The molecule has 2 aromatic rings. The average molecular weight is 443 g/mol. The van der Waals surface area contributed by atoms with Crippen LogP contribution in [0.4, 0.5) is 0 Å². The van der Waals surface area contributed by atoms with E-state index in [1.165, 1.54) is 10.4 Å². The van der Waals surface area contributed by atoms with Gasteiger partial charge in [0.05, 0.1) is 13.7 Å². The minimum Gasteiger partial charge on any atom is -0.496 e. The number of hydrogen-bond donors (Lipinski definition) is 0. The summed E-state index contributed by atoms with van der Waals surface area (Å²) in [6.45, 7) is 10.1. The Kier molecular flexibility index (Phi) is 7.97. The molecule has 2 fully saturated rings. The molecule has 2 saturated heterocycles. The molecule has 6 nitrogen and oxygen atoms in total. The van der Waals surface area contributed by atoms with Crippen LogP contribution in [0.25, 0.3) is 0 Å². The van der Waals surface area contributed by atoms with E-state index >= 15 is 0 Å². The Bertz CT molecular complexity index is 813. The zero-order chi connectivity index (χ0) is 21.5. The van der Waals surface area contributed by atoms with Crippen molar-refractivity contribution >= 4 is 17.2 Å². The van der Waals surface area contributed by atoms with Crippen molar-refractivity contribution in [3.05, 3.63) is 52.2 Å². The predicted octanol–water partition coefficient (Wildman–Crippen LogP) is 2.26. The van der Waals surface area contributed by atoms with Gasteiger partial charge in [-0.25, -0.2) is 0 Å². The fraction of sp³-hybridized carbons (Fsp3) is 0.542. The number of rotatable bonds is 8. The Morgan fingerprint density at radius 2 is 1.61 bits per heavy atom. The van der Waals surface area contributed by atoms with Crippen LogP contribution in [0.1, 0.15) is 10.4 Å². The molecule has 0 atom stereocenters. The number of carbonyl (C=O) groups is 1. The molecule has 31 heavy (non-hydrogen) atoms. The summed E-state index contributed by atoms with van der Waals surface area (Å²) in [4.78, 5) is 23.6. The lowest BCUT2D eigenvalue weighted by Crippen LogP contribution is -2.53. The number of hydrogen-bond acceptors (Lipinski definition) is 6. The zero-order valence-electron chi connectivity index (χ0n) is 18.5. The predicted molar refractivity (Wildman–Crippen MR) is 126 cm³/mol. The van der Waals surface area contributed by atoms with Gasteiger partial charge < -0.3 is 14.5 Å². The number of carbonyl (C=O) groups excluding carboxylic acids is 1. The van der Waals surface area contributed by atoms with Gasteiger partial charge in [-0.1, -0.05) is 24.3 Å². The minimum absolute atomic E-state index is 0.281. The van der Waals surface area contributed by atoms with Crippen LogP contribution in [0.2, 0.25) is 0 Å². The van der Waals surface area contributed by atoms with Crippen molar-refractivity contribution in [3.63, 3.8) is 0 Å². The summed E-state index contributed by atoms with van der Waals surface area (Å²) in [6, 6.07) is 12.5. The Labute approximate surface area is 190 Å². The van der Waals surface area contributed by atoms with Gasteiger partial charge in [0.2, 0.25) is 5.91 Å². The number of benzene rings is 1. The Morgan fingerprint density at radius 1 is 0.903 bits per heavy atom. The molecule has 3 heterocycles. The number of methoxy groups -OCH3 is 1. The lowest BCUT2D eigenvalue weighted by Gasteiger charge is -2.38. The molecule has 0 N–H and O–H groups in total. The smallest absolute Gasteiger partial charge is 0.236 e. The van der Waals surface area contributed by atoms with Gasteiger partial charge in [-0.15, -0.1) is 11.3 Å². The zero-order valence-corrected chi connectivity index (χ0v) is 19.4. The van der Waals surface area contributed by atoms with Gasteiger partial charge in [-0.3, -0.25) is 14.6 Å². The van der Waals surface area contributed by atoms with E-state index in [-0.39, 0.29) is 5.91 Å². The lowest BCUT2D eigenvalue weighted by molar-refractivity contribution is -0.134. The molecule has 0 saturated carbocycles. The largest absolute Gasteiger partial charge is 0.496 e. The average Bonchev–Trinajstić information content (AvgIpc) is 3.33. The lowest BCUT2D eigenvalue weighted by atomic mass is 10.1. The quantitative estimate of drug-likeness (QED) is 0.627. The van der Waals surface area contributed by atoms with E-state index in [9.17, 15) is 4.79 Å². The van der Waals surface area contributed by atoms with Gasteiger partial charge in [-0.2, -0.15) is 0 Å². The van der Waals surface area contributed by atoms with Crippen molar-refractivity contribution in [2.45, 2.75) is 13.0 Å². The number of para-hydroxylation sites is 1. The van der Waals surface area contributed by atoms with Crippen LogP contribution < -0.4 is 4.74 Å². The Morgan fingerprint density at radius 3 is 2.32 bits per heavy atom. The third-order valence-electron chi connectivity index (χ3n) is 6.39. The Hall–Kier alpha value is -1.93. The second-order valence-electron chi connectivity index (χ2n) is 8.42. The monoisotopic (exact) mass is 442 g/mol. The molecule has 7 heteroatoms. The van der Waals surface area contributed by atoms with E-state index in [2.05, 4.69) is 44.3 Å². The second kappa shape index (κ2) is 11.1. The fourth-order valence-electron chi connectivity index (χ4n) is 4.42. The first-order valence-corrected chi connectivity index (χ1v) is 12.2. The highest BCUT2D eigenvalue weighted by Crippen LogP contribution is 2.20. The Balaban J connectivity index is 1.15. The SMILES string of the molecule is COc1ccccc1CN1CCN(C(=O)CN2CCN(CCc3cccs3)CC2)CC1. The molecule has 2 aliphatic rings. The summed E-state index contributed by atoms with van der Waals surface area (Å²) in [5, 5.41) is 2.15. The van der Waals surface area contributed by atoms with Gasteiger partial charge in [0.1, 0.15) is 5.75 Å². The highest BCUT2D eigenvalue weighted by atomic mass is 32.1. The molecule has 0 radical (unpaired) electrons. The third kappa shape index (κ3) is 6.29. The number of piperazine rings is 2. The van der Waals surface area contributed by atoms with E-state index in [1.807, 2.05) is 28.4 Å². The minimum atomic E-state index is 0.281. The molecule has 1 aromatic carbocycles. The van der Waals surface area contributed by atoms with E-state index in [0.717, 1.165) is 77.6 Å². The molecular formula is C24H34N4O2S. The highest BCUT2D eigenvalue weighted by Gasteiger charge is 2.25. The van der Waals surface area contributed by atoms with E-state index < -0.39 is 0 Å². The van der Waals surface area contributed by atoms with Crippen molar-refractivity contribution < 1.29 is 9.53 Å². The topological polar surface area (TPSA) is 39.3 Å². The van der Waals surface area contributed by atoms with Crippen molar-refractivity contribution in [1.29, 1.82) is 0 Å². The van der Waals surface area contributed by atoms with Crippen LogP contribution in [-0.2, 0) is 17.8 Å². The third-order valence-corrected chi connectivity index (χ3v) is 7.33. The first-order valence-electron chi connectivity index (χ1n) is 11.3. The second-order valence-corrected chi connectivity index (χ2v) is 9.45. The maximum atomic E-state index is 12.8. The van der Waals surface area contributed by atoms with E-state index in [0.29, 0.717) is 6.54 Å². The molecule has 0 unspecified atom stereocenters. The standard InChI is InChI=1S/C24H34N4O2S/c1-30-23-7-3-2-5-21(23)19-26-14-16-28(17-15-26)24(29)20-27-12-10-25(11-13-27)9-8-22-6-4-18-31-22/h2-7,18H,8-17,19-20H2,1H3. The molecule has 0 bridgehead atoms. The highest BCUT2D eigenvalue weighted by molar-refractivity contribution is 7.09. The molecule has 4 rings (SSSR count). The van der Waals surface area contributed by atoms with Gasteiger partial charge in [0.25, 0.3) is 0 Å².